The van der Waals surface area contributed by atoms with E-state index in [4.69, 9.17) is 0 Å². The lowest BCUT2D eigenvalue weighted by molar-refractivity contribution is -0.120. The van der Waals surface area contributed by atoms with E-state index in [1.165, 1.54) is 37.2 Å². The van der Waals surface area contributed by atoms with Crippen molar-refractivity contribution in [2.75, 3.05) is 24.5 Å². The van der Waals surface area contributed by atoms with Crippen molar-refractivity contribution in [2.45, 2.75) is 38.3 Å². The second kappa shape index (κ2) is 6.27. The first kappa shape index (κ1) is 13.4. The predicted molar refractivity (Wildman–Crippen MR) is 80.8 cm³/mol. The summed E-state index contributed by atoms with van der Waals surface area (Å²) < 4.78 is 0. The van der Waals surface area contributed by atoms with Crippen molar-refractivity contribution in [3.8, 4) is 0 Å². The van der Waals surface area contributed by atoms with Crippen LogP contribution < -0.4 is 15.5 Å². The number of hydrogen-bond donors (Lipinski definition) is 2. The first-order valence-corrected chi connectivity index (χ1v) is 7.65. The van der Waals surface area contributed by atoms with Crippen molar-refractivity contribution < 1.29 is 4.79 Å². The average Bonchev–Trinajstić information content (AvgIpc) is 3.09. The maximum atomic E-state index is 11.5. The van der Waals surface area contributed by atoms with Crippen LogP contribution in [-0.4, -0.2) is 31.6 Å². The average molecular weight is 273 g/mol. The molecule has 0 unspecified atom stereocenters. The molecule has 1 heterocycles. The lowest BCUT2D eigenvalue weighted by atomic mass is 10.2. The summed E-state index contributed by atoms with van der Waals surface area (Å²) in [5, 5.41) is 6.18. The fraction of sp³-hybridized carbons (Fsp3) is 0.562. The van der Waals surface area contributed by atoms with E-state index in [0.717, 1.165) is 19.4 Å². The molecule has 0 radical (unpaired) electrons. The van der Waals surface area contributed by atoms with Gasteiger partial charge in [-0.05, 0) is 43.4 Å². The summed E-state index contributed by atoms with van der Waals surface area (Å²) in [6, 6.07) is 9.13. The number of anilines is 1. The molecule has 20 heavy (non-hydrogen) atoms. The van der Waals surface area contributed by atoms with E-state index >= 15 is 0 Å². The maximum absolute atomic E-state index is 11.5. The van der Waals surface area contributed by atoms with Crippen LogP contribution >= 0.6 is 0 Å². The van der Waals surface area contributed by atoms with Gasteiger partial charge in [-0.25, -0.2) is 0 Å². The summed E-state index contributed by atoms with van der Waals surface area (Å²) >= 11 is 0. The van der Waals surface area contributed by atoms with Crippen LogP contribution in [0.5, 0.6) is 0 Å². The van der Waals surface area contributed by atoms with Crippen LogP contribution in [0.15, 0.2) is 24.3 Å². The van der Waals surface area contributed by atoms with Crippen molar-refractivity contribution in [3.05, 3.63) is 29.8 Å². The van der Waals surface area contributed by atoms with Gasteiger partial charge in [-0.3, -0.25) is 4.79 Å². The van der Waals surface area contributed by atoms with E-state index in [1.807, 2.05) is 0 Å². The van der Waals surface area contributed by atoms with Gasteiger partial charge < -0.3 is 15.5 Å². The SMILES string of the molecule is O=C(CNCc1ccc(N2CCCC2)cc1)NC1CC1. The number of nitrogens with zero attached hydrogens (tertiary/aromatic N) is 1. The van der Waals surface area contributed by atoms with Gasteiger partial charge in [0.25, 0.3) is 0 Å². The molecule has 0 aromatic heterocycles. The minimum Gasteiger partial charge on any atom is -0.372 e. The normalized spacial score (nSPS) is 18.3. The highest BCUT2D eigenvalue weighted by molar-refractivity contribution is 5.78. The third-order valence-corrected chi connectivity index (χ3v) is 3.96. The first-order valence-electron chi connectivity index (χ1n) is 7.65. The molecular formula is C16H23N3O. The molecule has 1 saturated carbocycles. The predicted octanol–water partition coefficient (Wildman–Crippen LogP) is 1.66. The molecular weight excluding hydrogens is 250 g/mol. The monoisotopic (exact) mass is 273 g/mol. The highest BCUT2D eigenvalue weighted by atomic mass is 16.2. The fourth-order valence-corrected chi connectivity index (χ4v) is 2.63. The molecule has 2 N–H and O–H groups in total. The first-order chi connectivity index (χ1) is 9.81. The fourth-order valence-electron chi connectivity index (χ4n) is 2.63. The number of carbonyl (C=O) groups excluding carboxylic acids is 1. The zero-order valence-electron chi connectivity index (χ0n) is 11.9. The lowest BCUT2D eigenvalue weighted by Gasteiger charge is -2.17. The van der Waals surface area contributed by atoms with Crippen molar-refractivity contribution in [1.82, 2.24) is 10.6 Å². The van der Waals surface area contributed by atoms with Gasteiger partial charge in [-0.1, -0.05) is 12.1 Å². The molecule has 108 valence electrons. The summed E-state index contributed by atoms with van der Waals surface area (Å²) in [6.45, 7) is 3.51. The van der Waals surface area contributed by atoms with Crippen LogP contribution in [-0.2, 0) is 11.3 Å². The Labute approximate surface area is 120 Å². The van der Waals surface area contributed by atoms with Crippen molar-refractivity contribution in [3.63, 3.8) is 0 Å². The van der Waals surface area contributed by atoms with Gasteiger partial charge in [0.05, 0.1) is 6.54 Å². The van der Waals surface area contributed by atoms with Crippen LogP contribution in [0.1, 0.15) is 31.2 Å². The molecule has 1 aromatic carbocycles. The zero-order valence-corrected chi connectivity index (χ0v) is 11.9. The van der Waals surface area contributed by atoms with E-state index < -0.39 is 0 Å². The van der Waals surface area contributed by atoms with Gasteiger partial charge in [0.15, 0.2) is 0 Å². The summed E-state index contributed by atoms with van der Waals surface area (Å²) in [5.41, 5.74) is 2.55. The van der Waals surface area contributed by atoms with E-state index in [-0.39, 0.29) is 5.91 Å². The van der Waals surface area contributed by atoms with E-state index in [2.05, 4.69) is 39.8 Å². The molecule has 2 aliphatic rings. The maximum Gasteiger partial charge on any atom is 0.234 e. The lowest BCUT2D eigenvalue weighted by Crippen LogP contribution is -2.34. The number of benzene rings is 1. The van der Waals surface area contributed by atoms with Crippen LogP contribution in [0.25, 0.3) is 0 Å². The molecule has 0 atom stereocenters. The minimum atomic E-state index is 0.112. The Morgan fingerprint density at radius 1 is 1.15 bits per heavy atom. The van der Waals surface area contributed by atoms with Crippen molar-refractivity contribution in [1.29, 1.82) is 0 Å². The molecule has 2 fully saturated rings. The van der Waals surface area contributed by atoms with Gasteiger partial charge >= 0.3 is 0 Å². The van der Waals surface area contributed by atoms with Gasteiger partial charge in [-0.15, -0.1) is 0 Å². The largest absolute Gasteiger partial charge is 0.372 e. The molecule has 1 aliphatic carbocycles. The smallest absolute Gasteiger partial charge is 0.234 e. The third kappa shape index (κ3) is 3.73. The summed E-state index contributed by atoms with van der Waals surface area (Å²) in [6.07, 6.45) is 4.90. The molecule has 3 rings (SSSR count). The highest BCUT2D eigenvalue weighted by Gasteiger charge is 2.22. The Morgan fingerprint density at radius 2 is 1.85 bits per heavy atom. The topological polar surface area (TPSA) is 44.4 Å². The van der Waals surface area contributed by atoms with Crippen LogP contribution in [0.2, 0.25) is 0 Å². The zero-order chi connectivity index (χ0) is 13.8. The molecule has 1 aromatic rings. The number of carbonyl (C=O) groups is 1. The molecule has 4 heteroatoms. The Bertz CT molecular complexity index is 447. The molecule has 4 nitrogen and oxygen atoms in total. The Kier molecular flexibility index (Phi) is 4.21. The Hall–Kier alpha value is -1.55. The number of rotatable bonds is 6. The van der Waals surface area contributed by atoms with Crippen molar-refractivity contribution in [2.24, 2.45) is 0 Å². The summed E-state index contributed by atoms with van der Waals surface area (Å²) in [5.74, 6) is 0.112. The van der Waals surface area contributed by atoms with Gasteiger partial charge in [0, 0.05) is 31.4 Å². The van der Waals surface area contributed by atoms with Crippen molar-refractivity contribution >= 4 is 11.6 Å². The molecule has 1 saturated heterocycles. The number of amides is 1. The van der Waals surface area contributed by atoms with Crippen LogP contribution in [0.4, 0.5) is 5.69 Å². The Morgan fingerprint density at radius 3 is 2.50 bits per heavy atom. The van der Waals surface area contributed by atoms with E-state index in [0.29, 0.717) is 12.6 Å². The second-order valence-electron chi connectivity index (χ2n) is 5.81. The highest BCUT2D eigenvalue weighted by Crippen LogP contribution is 2.20. The van der Waals surface area contributed by atoms with E-state index in [9.17, 15) is 4.79 Å². The van der Waals surface area contributed by atoms with E-state index in [1.54, 1.807) is 0 Å². The summed E-state index contributed by atoms with van der Waals surface area (Å²) in [7, 11) is 0. The molecule has 0 spiro atoms. The molecule has 0 bridgehead atoms. The molecule has 1 aliphatic heterocycles. The summed E-state index contributed by atoms with van der Waals surface area (Å²) in [4.78, 5) is 14.0. The van der Waals surface area contributed by atoms with Gasteiger partial charge in [0.1, 0.15) is 0 Å². The quantitative estimate of drug-likeness (QED) is 0.828. The standard InChI is InChI=1S/C16H23N3O/c20-16(18-14-5-6-14)12-17-11-13-3-7-15(8-4-13)19-9-1-2-10-19/h3-4,7-8,14,17H,1-2,5-6,9-12H2,(H,18,20). The van der Waals surface area contributed by atoms with Crippen LogP contribution in [0.3, 0.4) is 0 Å². The number of hydrogen-bond acceptors (Lipinski definition) is 3. The van der Waals surface area contributed by atoms with Gasteiger partial charge in [0.2, 0.25) is 5.91 Å². The number of nitrogens with one attached hydrogen (secondary N) is 2. The Balaban J connectivity index is 1.41. The molecule has 1 amide bonds. The van der Waals surface area contributed by atoms with Gasteiger partial charge in [-0.2, -0.15) is 0 Å². The second-order valence-corrected chi connectivity index (χ2v) is 5.81. The minimum absolute atomic E-state index is 0.112. The van der Waals surface area contributed by atoms with Crippen LogP contribution in [0, 0.1) is 0 Å². The third-order valence-electron chi connectivity index (χ3n) is 3.96.